The molecule has 0 aliphatic heterocycles. The Morgan fingerprint density at radius 1 is 1.31 bits per heavy atom. The van der Waals surface area contributed by atoms with Gasteiger partial charge in [0.2, 0.25) is 0 Å². The summed E-state index contributed by atoms with van der Waals surface area (Å²) in [6.07, 6.45) is 1.03. The lowest BCUT2D eigenvalue weighted by atomic mass is 10.2. The maximum Gasteiger partial charge on any atom is 0.122 e. The van der Waals surface area contributed by atoms with Crippen LogP contribution in [0.1, 0.15) is 18.9 Å². The highest BCUT2D eigenvalue weighted by molar-refractivity contribution is 5.39. The maximum absolute atomic E-state index is 5.53. The summed E-state index contributed by atoms with van der Waals surface area (Å²) in [5.74, 6) is 1.82. The molecule has 0 radical (unpaired) electrons. The van der Waals surface area contributed by atoms with Gasteiger partial charge in [0.1, 0.15) is 11.5 Å². The molecule has 0 aromatic heterocycles. The molecule has 2 nitrogen and oxygen atoms in total. The first-order valence-corrected chi connectivity index (χ1v) is 4.55. The number of benzene rings is 1. The lowest BCUT2D eigenvalue weighted by Gasteiger charge is -2.08. The van der Waals surface area contributed by atoms with E-state index in [0.717, 1.165) is 30.1 Å². The SMILES string of the molecule is CCCOc1ccc(OC)cc1C. The van der Waals surface area contributed by atoms with E-state index in [9.17, 15) is 0 Å². The first-order chi connectivity index (χ1) is 6.27. The van der Waals surface area contributed by atoms with E-state index < -0.39 is 0 Å². The van der Waals surface area contributed by atoms with Gasteiger partial charge in [-0.3, -0.25) is 0 Å². The van der Waals surface area contributed by atoms with Gasteiger partial charge in [-0.15, -0.1) is 0 Å². The first kappa shape index (κ1) is 9.90. The van der Waals surface area contributed by atoms with Crippen molar-refractivity contribution in [2.24, 2.45) is 0 Å². The zero-order valence-corrected chi connectivity index (χ0v) is 8.46. The summed E-state index contributed by atoms with van der Waals surface area (Å²) in [6, 6.07) is 5.84. The molecule has 1 rings (SSSR count). The van der Waals surface area contributed by atoms with Crippen molar-refractivity contribution in [3.63, 3.8) is 0 Å². The van der Waals surface area contributed by atoms with Crippen LogP contribution in [0.5, 0.6) is 11.5 Å². The maximum atomic E-state index is 5.53. The van der Waals surface area contributed by atoms with E-state index in [1.165, 1.54) is 0 Å². The van der Waals surface area contributed by atoms with Crippen LogP contribution in [0.4, 0.5) is 0 Å². The third-order valence-electron chi connectivity index (χ3n) is 1.84. The average Bonchev–Trinajstić information content (AvgIpc) is 2.16. The van der Waals surface area contributed by atoms with Crippen molar-refractivity contribution in [1.82, 2.24) is 0 Å². The van der Waals surface area contributed by atoms with Gasteiger partial charge in [-0.25, -0.2) is 0 Å². The molecule has 72 valence electrons. The molecular formula is C11H16O2. The van der Waals surface area contributed by atoms with Gasteiger partial charge in [0.25, 0.3) is 0 Å². The molecule has 0 aliphatic carbocycles. The molecule has 0 aliphatic rings. The summed E-state index contributed by atoms with van der Waals surface area (Å²) in [6.45, 7) is 4.89. The summed E-state index contributed by atoms with van der Waals surface area (Å²) in [5, 5.41) is 0. The van der Waals surface area contributed by atoms with Crippen molar-refractivity contribution >= 4 is 0 Å². The zero-order chi connectivity index (χ0) is 9.68. The van der Waals surface area contributed by atoms with Crippen LogP contribution in [0.25, 0.3) is 0 Å². The van der Waals surface area contributed by atoms with Crippen molar-refractivity contribution < 1.29 is 9.47 Å². The fourth-order valence-electron chi connectivity index (χ4n) is 1.12. The van der Waals surface area contributed by atoms with Crippen molar-refractivity contribution in [2.75, 3.05) is 13.7 Å². The van der Waals surface area contributed by atoms with Gasteiger partial charge < -0.3 is 9.47 Å². The smallest absolute Gasteiger partial charge is 0.122 e. The van der Waals surface area contributed by atoms with Gasteiger partial charge in [-0.1, -0.05) is 6.92 Å². The van der Waals surface area contributed by atoms with E-state index >= 15 is 0 Å². The predicted molar refractivity (Wildman–Crippen MR) is 53.5 cm³/mol. The van der Waals surface area contributed by atoms with E-state index in [1.807, 2.05) is 25.1 Å². The van der Waals surface area contributed by atoms with Crippen molar-refractivity contribution in [3.8, 4) is 11.5 Å². The standard InChI is InChI=1S/C11H16O2/c1-4-7-13-11-6-5-10(12-3)8-9(11)2/h5-6,8H,4,7H2,1-3H3. The Balaban J connectivity index is 2.73. The molecular weight excluding hydrogens is 164 g/mol. The zero-order valence-electron chi connectivity index (χ0n) is 8.46. The average molecular weight is 180 g/mol. The van der Waals surface area contributed by atoms with Crippen LogP contribution >= 0.6 is 0 Å². The molecule has 0 spiro atoms. The Morgan fingerprint density at radius 2 is 2.08 bits per heavy atom. The Hall–Kier alpha value is -1.18. The number of ether oxygens (including phenoxy) is 2. The highest BCUT2D eigenvalue weighted by Crippen LogP contribution is 2.22. The van der Waals surface area contributed by atoms with Crippen molar-refractivity contribution in [2.45, 2.75) is 20.3 Å². The third-order valence-corrected chi connectivity index (χ3v) is 1.84. The fourth-order valence-corrected chi connectivity index (χ4v) is 1.12. The highest BCUT2D eigenvalue weighted by atomic mass is 16.5. The molecule has 1 aromatic rings. The molecule has 0 bridgehead atoms. The molecule has 0 saturated carbocycles. The Labute approximate surface area is 79.5 Å². The van der Waals surface area contributed by atoms with Gasteiger partial charge in [-0.05, 0) is 37.1 Å². The third kappa shape index (κ3) is 2.65. The highest BCUT2D eigenvalue weighted by Gasteiger charge is 1.99. The van der Waals surface area contributed by atoms with Crippen LogP contribution in [-0.2, 0) is 0 Å². The number of hydrogen-bond acceptors (Lipinski definition) is 2. The van der Waals surface area contributed by atoms with Crippen LogP contribution in [0, 0.1) is 6.92 Å². The van der Waals surface area contributed by atoms with Crippen LogP contribution in [0.2, 0.25) is 0 Å². The van der Waals surface area contributed by atoms with Gasteiger partial charge in [0.05, 0.1) is 13.7 Å². The summed E-state index contributed by atoms with van der Waals surface area (Å²) in [4.78, 5) is 0. The van der Waals surface area contributed by atoms with Crippen molar-refractivity contribution in [3.05, 3.63) is 23.8 Å². The van der Waals surface area contributed by atoms with Crippen LogP contribution < -0.4 is 9.47 Å². The Kier molecular flexibility index (Phi) is 3.62. The molecule has 0 atom stereocenters. The van der Waals surface area contributed by atoms with Crippen LogP contribution in [0.15, 0.2) is 18.2 Å². The van der Waals surface area contributed by atoms with Gasteiger partial charge in [0.15, 0.2) is 0 Å². The second kappa shape index (κ2) is 4.75. The largest absolute Gasteiger partial charge is 0.497 e. The molecule has 1 aromatic carbocycles. The van der Waals surface area contributed by atoms with E-state index in [2.05, 4.69) is 6.92 Å². The number of aryl methyl sites for hydroxylation is 1. The molecule has 0 heterocycles. The van der Waals surface area contributed by atoms with Crippen LogP contribution in [-0.4, -0.2) is 13.7 Å². The van der Waals surface area contributed by atoms with Gasteiger partial charge in [-0.2, -0.15) is 0 Å². The number of methoxy groups -OCH3 is 1. The van der Waals surface area contributed by atoms with Gasteiger partial charge >= 0.3 is 0 Å². The molecule has 0 N–H and O–H groups in total. The minimum absolute atomic E-state index is 0.771. The minimum Gasteiger partial charge on any atom is -0.497 e. The minimum atomic E-state index is 0.771. The number of hydrogen-bond donors (Lipinski definition) is 0. The monoisotopic (exact) mass is 180 g/mol. The Bertz CT molecular complexity index is 269. The normalized spacial score (nSPS) is 9.77. The first-order valence-electron chi connectivity index (χ1n) is 4.55. The van der Waals surface area contributed by atoms with Crippen molar-refractivity contribution in [1.29, 1.82) is 0 Å². The van der Waals surface area contributed by atoms with E-state index in [0.29, 0.717) is 0 Å². The summed E-state index contributed by atoms with van der Waals surface area (Å²) in [7, 11) is 1.67. The molecule has 13 heavy (non-hydrogen) atoms. The second-order valence-electron chi connectivity index (χ2n) is 2.98. The molecule has 0 amide bonds. The molecule has 2 heteroatoms. The number of rotatable bonds is 4. The summed E-state index contributed by atoms with van der Waals surface area (Å²) < 4.78 is 10.6. The lowest BCUT2D eigenvalue weighted by Crippen LogP contribution is -1.97. The predicted octanol–water partition coefficient (Wildman–Crippen LogP) is 2.79. The molecule has 0 unspecified atom stereocenters. The molecule has 0 saturated heterocycles. The quantitative estimate of drug-likeness (QED) is 0.709. The molecule has 0 fully saturated rings. The van der Waals surface area contributed by atoms with Gasteiger partial charge in [0, 0.05) is 0 Å². The fraction of sp³-hybridized carbons (Fsp3) is 0.455. The summed E-state index contributed by atoms with van der Waals surface area (Å²) >= 11 is 0. The summed E-state index contributed by atoms with van der Waals surface area (Å²) in [5.41, 5.74) is 1.12. The van der Waals surface area contributed by atoms with E-state index in [1.54, 1.807) is 7.11 Å². The second-order valence-corrected chi connectivity index (χ2v) is 2.98. The van der Waals surface area contributed by atoms with Crippen LogP contribution in [0.3, 0.4) is 0 Å². The van der Waals surface area contributed by atoms with E-state index in [4.69, 9.17) is 9.47 Å². The Morgan fingerprint density at radius 3 is 2.62 bits per heavy atom. The lowest BCUT2D eigenvalue weighted by molar-refractivity contribution is 0.314. The topological polar surface area (TPSA) is 18.5 Å². The van der Waals surface area contributed by atoms with E-state index in [-0.39, 0.29) is 0 Å².